The Morgan fingerprint density at radius 2 is 1.74 bits per heavy atom. The minimum absolute atomic E-state index is 0.120. The van der Waals surface area contributed by atoms with Crippen LogP contribution < -0.4 is 5.32 Å². The lowest BCUT2D eigenvalue weighted by molar-refractivity contribution is 0.0698. The van der Waals surface area contributed by atoms with Crippen LogP contribution in [0.1, 0.15) is 15.9 Å². The van der Waals surface area contributed by atoms with E-state index in [-0.39, 0.29) is 12.2 Å². The summed E-state index contributed by atoms with van der Waals surface area (Å²) in [6.07, 6.45) is 0.617. The van der Waals surface area contributed by atoms with Gasteiger partial charge in [-0.15, -0.1) is 0 Å². The second kappa shape index (κ2) is 6.02. The minimum atomic E-state index is -0.958. The topological polar surface area (TPSA) is 69.6 Å². The van der Waals surface area contributed by atoms with Crippen LogP contribution in [0.5, 0.6) is 0 Å². The normalized spacial score (nSPS) is 10.2. The molecule has 0 aromatic heterocycles. The van der Waals surface area contributed by atoms with Crippen molar-refractivity contribution in [2.75, 3.05) is 11.9 Å². The summed E-state index contributed by atoms with van der Waals surface area (Å²) in [6.45, 7) is 0.120. The van der Waals surface area contributed by atoms with Crippen molar-refractivity contribution in [2.45, 2.75) is 6.42 Å². The fraction of sp³-hybridized carbons (Fsp3) is 0.133. The van der Waals surface area contributed by atoms with E-state index in [1.807, 2.05) is 24.3 Å². The van der Waals surface area contributed by atoms with Crippen molar-refractivity contribution in [3.05, 3.63) is 59.7 Å². The molecule has 0 amide bonds. The van der Waals surface area contributed by atoms with Crippen LogP contribution in [-0.2, 0) is 6.42 Å². The number of aromatic carboxylic acids is 1. The van der Waals surface area contributed by atoms with Crippen molar-refractivity contribution < 1.29 is 15.0 Å². The van der Waals surface area contributed by atoms with Gasteiger partial charge >= 0.3 is 5.97 Å². The number of carboxylic acids is 1. The monoisotopic (exact) mass is 257 g/mol. The highest BCUT2D eigenvalue weighted by Gasteiger charge is 2.08. The number of hydrogen-bond acceptors (Lipinski definition) is 3. The molecule has 19 heavy (non-hydrogen) atoms. The van der Waals surface area contributed by atoms with Gasteiger partial charge in [-0.3, -0.25) is 0 Å². The maximum atomic E-state index is 11.1. The fourth-order valence-corrected chi connectivity index (χ4v) is 1.82. The van der Waals surface area contributed by atoms with Gasteiger partial charge in [0.15, 0.2) is 0 Å². The SMILES string of the molecule is O=C(O)c1ccccc1Nc1ccc(CCO)cc1. The first kappa shape index (κ1) is 13.1. The Hall–Kier alpha value is -2.33. The zero-order valence-electron chi connectivity index (χ0n) is 10.3. The number of carbonyl (C=O) groups is 1. The number of aliphatic hydroxyl groups excluding tert-OH is 1. The van der Waals surface area contributed by atoms with Crippen LogP contribution in [0.2, 0.25) is 0 Å². The van der Waals surface area contributed by atoms with Gasteiger partial charge in [-0.25, -0.2) is 4.79 Å². The van der Waals surface area contributed by atoms with Gasteiger partial charge in [0.05, 0.1) is 11.3 Å². The first-order valence-corrected chi connectivity index (χ1v) is 6.00. The quantitative estimate of drug-likeness (QED) is 0.770. The number of anilines is 2. The van der Waals surface area contributed by atoms with Gasteiger partial charge in [0.25, 0.3) is 0 Å². The molecule has 0 aliphatic rings. The van der Waals surface area contributed by atoms with E-state index in [2.05, 4.69) is 5.32 Å². The molecule has 2 aromatic rings. The molecular formula is C15H15NO3. The molecule has 0 aliphatic heterocycles. The van der Waals surface area contributed by atoms with Crippen molar-refractivity contribution in [3.8, 4) is 0 Å². The second-order valence-corrected chi connectivity index (χ2v) is 4.15. The number of rotatable bonds is 5. The van der Waals surface area contributed by atoms with Gasteiger partial charge in [-0.1, -0.05) is 24.3 Å². The van der Waals surface area contributed by atoms with Gasteiger partial charge in [0, 0.05) is 12.3 Å². The second-order valence-electron chi connectivity index (χ2n) is 4.15. The van der Waals surface area contributed by atoms with E-state index in [1.54, 1.807) is 24.3 Å². The van der Waals surface area contributed by atoms with Crippen LogP contribution in [0.15, 0.2) is 48.5 Å². The predicted molar refractivity (Wildman–Crippen MR) is 73.9 cm³/mol. The molecule has 0 saturated heterocycles. The summed E-state index contributed by atoms with van der Waals surface area (Å²) in [7, 11) is 0. The Morgan fingerprint density at radius 3 is 2.37 bits per heavy atom. The lowest BCUT2D eigenvalue weighted by Gasteiger charge is -2.10. The average Bonchev–Trinajstić information content (AvgIpc) is 2.42. The molecule has 98 valence electrons. The Labute approximate surface area is 111 Å². The average molecular weight is 257 g/mol. The van der Waals surface area contributed by atoms with Crippen molar-refractivity contribution in [1.29, 1.82) is 0 Å². The third-order valence-electron chi connectivity index (χ3n) is 2.79. The van der Waals surface area contributed by atoms with E-state index in [4.69, 9.17) is 10.2 Å². The molecular weight excluding hydrogens is 242 g/mol. The van der Waals surface area contributed by atoms with E-state index >= 15 is 0 Å². The Balaban J connectivity index is 2.19. The third-order valence-corrected chi connectivity index (χ3v) is 2.79. The highest BCUT2D eigenvalue weighted by molar-refractivity contribution is 5.95. The maximum absolute atomic E-state index is 11.1. The lowest BCUT2D eigenvalue weighted by atomic mass is 10.1. The summed E-state index contributed by atoms with van der Waals surface area (Å²) in [4.78, 5) is 11.1. The molecule has 0 fully saturated rings. The molecule has 3 N–H and O–H groups in total. The summed E-state index contributed by atoms with van der Waals surface area (Å²) in [5.41, 5.74) is 2.65. The predicted octanol–water partition coefficient (Wildman–Crippen LogP) is 2.66. The largest absolute Gasteiger partial charge is 0.478 e. The number of carboxylic acid groups (broad SMARTS) is 1. The van der Waals surface area contributed by atoms with Gasteiger partial charge in [-0.2, -0.15) is 0 Å². The highest BCUT2D eigenvalue weighted by atomic mass is 16.4. The van der Waals surface area contributed by atoms with Gasteiger partial charge < -0.3 is 15.5 Å². The van der Waals surface area contributed by atoms with Crippen LogP contribution in [0, 0.1) is 0 Å². The van der Waals surface area contributed by atoms with Crippen LogP contribution in [0.4, 0.5) is 11.4 Å². The molecule has 0 saturated carbocycles. The van der Waals surface area contributed by atoms with E-state index in [0.29, 0.717) is 12.1 Å². The molecule has 0 radical (unpaired) electrons. The lowest BCUT2D eigenvalue weighted by Crippen LogP contribution is -2.02. The molecule has 0 bridgehead atoms. The summed E-state index contributed by atoms with van der Waals surface area (Å²) < 4.78 is 0. The maximum Gasteiger partial charge on any atom is 0.337 e. The number of aliphatic hydroxyl groups is 1. The van der Waals surface area contributed by atoms with Crippen LogP contribution in [0.25, 0.3) is 0 Å². The van der Waals surface area contributed by atoms with Crippen LogP contribution in [-0.4, -0.2) is 22.8 Å². The number of nitrogens with one attached hydrogen (secondary N) is 1. The first-order chi connectivity index (χ1) is 9.20. The first-order valence-electron chi connectivity index (χ1n) is 6.00. The molecule has 0 aliphatic carbocycles. The highest BCUT2D eigenvalue weighted by Crippen LogP contribution is 2.21. The van der Waals surface area contributed by atoms with Crippen molar-refractivity contribution in [3.63, 3.8) is 0 Å². The zero-order valence-corrected chi connectivity index (χ0v) is 10.3. The molecule has 4 heteroatoms. The standard InChI is InChI=1S/C15H15NO3/c17-10-9-11-5-7-12(8-6-11)16-14-4-2-1-3-13(14)15(18)19/h1-8,16-17H,9-10H2,(H,18,19). The fourth-order valence-electron chi connectivity index (χ4n) is 1.82. The summed E-state index contributed by atoms with van der Waals surface area (Å²) in [5.74, 6) is -0.958. The Kier molecular flexibility index (Phi) is 4.15. The van der Waals surface area contributed by atoms with Crippen molar-refractivity contribution >= 4 is 17.3 Å². The molecule has 0 unspecified atom stereocenters. The van der Waals surface area contributed by atoms with E-state index in [0.717, 1.165) is 11.3 Å². The van der Waals surface area contributed by atoms with Crippen LogP contribution >= 0.6 is 0 Å². The Bertz CT molecular complexity index is 564. The molecule has 2 aromatic carbocycles. The summed E-state index contributed by atoms with van der Waals surface area (Å²) in [6, 6.07) is 14.3. The van der Waals surface area contributed by atoms with E-state index in [1.165, 1.54) is 0 Å². The smallest absolute Gasteiger partial charge is 0.337 e. The molecule has 0 spiro atoms. The molecule has 0 heterocycles. The summed E-state index contributed by atoms with van der Waals surface area (Å²) >= 11 is 0. The molecule has 0 atom stereocenters. The minimum Gasteiger partial charge on any atom is -0.478 e. The number of hydrogen-bond donors (Lipinski definition) is 3. The van der Waals surface area contributed by atoms with Gasteiger partial charge in [-0.05, 0) is 36.2 Å². The van der Waals surface area contributed by atoms with Gasteiger partial charge in [0.2, 0.25) is 0 Å². The third kappa shape index (κ3) is 3.33. The Morgan fingerprint density at radius 1 is 1.05 bits per heavy atom. The van der Waals surface area contributed by atoms with E-state index < -0.39 is 5.97 Å². The molecule has 4 nitrogen and oxygen atoms in total. The van der Waals surface area contributed by atoms with Crippen LogP contribution in [0.3, 0.4) is 0 Å². The van der Waals surface area contributed by atoms with E-state index in [9.17, 15) is 4.79 Å². The molecule has 2 rings (SSSR count). The number of para-hydroxylation sites is 1. The van der Waals surface area contributed by atoms with Gasteiger partial charge in [0.1, 0.15) is 0 Å². The van der Waals surface area contributed by atoms with Crippen molar-refractivity contribution in [1.82, 2.24) is 0 Å². The zero-order chi connectivity index (χ0) is 13.7. The van der Waals surface area contributed by atoms with Crippen molar-refractivity contribution in [2.24, 2.45) is 0 Å². The summed E-state index contributed by atoms with van der Waals surface area (Å²) in [5, 5.41) is 21.0. The number of benzene rings is 2.